The van der Waals surface area contributed by atoms with Crippen molar-refractivity contribution in [2.45, 2.75) is 44.6 Å². The summed E-state index contributed by atoms with van der Waals surface area (Å²) >= 11 is 0. The van der Waals surface area contributed by atoms with Gasteiger partial charge in [0.1, 0.15) is 13.2 Å². The smallest absolute Gasteiger partial charge is 0.303 e. The van der Waals surface area contributed by atoms with Crippen molar-refractivity contribution in [2.75, 3.05) is 13.2 Å². The van der Waals surface area contributed by atoms with Crippen LogP contribution in [0.4, 0.5) is 0 Å². The maximum atomic E-state index is 12.4. The van der Waals surface area contributed by atoms with Crippen molar-refractivity contribution in [3.05, 3.63) is 23.8 Å². The van der Waals surface area contributed by atoms with Crippen molar-refractivity contribution in [2.24, 2.45) is 5.92 Å². The third kappa shape index (κ3) is 3.80. The van der Waals surface area contributed by atoms with E-state index in [0.29, 0.717) is 19.6 Å². The Balaban J connectivity index is 1.58. The van der Waals surface area contributed by atoms with Gasteiger partial charge in [-0.3, -0.25) is 9.59 Å². The first-order chi connectivity index (χ1) is 11.4. The lowest BCUT2D eigenvalue weighted by Gasteiger charge is -2.25. The molecule has 0 spiro atoms. The van der Waals surface area contributed by atoms with E-state index >= 15 is 0 Å². The summed E-state index contributed by atoms with van der Waals surface area (Å²) < 4.78 is 11.1. The van der Waals surface area contributed by atoms with E-state index < -0.39 is 11.5 Å². The molecule has 0 aromatic heterocycles. The van der Waals surface area contributed by atoms with Crippen LogP contribution in [0, 0.1) is 5.92 Å². The number of nitrogens with one attached hydrogen (secondary N) is 1. The second kappa shape index (κ2) is 6.34. The number of rotatable bonds is 6. The highest BCUT2D eigenvalue weighted by atomic mass is 16.6. The molecule has 1 aliphatic heterocycles. The van der Waals surface area contributed by atoms with E-state index in [1.807, 2.05) is 32.0 Å². The Labute approximate surface area is 141 Å². The molecule has 0 bridgehead atoms. The summed E-state index contributed by atoms with van der Waals surface area (Å²) in [6.45, 7) is 4.82. The van der Waals surface area contributed by atoms with E-state index in [1.54, 1.807) is 0 Å². The van der Waals surface area contributed by atoms with Crippen LogP contribution in [0.5, 0.6) is 11.5 Å². The molecule has 1 amide bonds. The molecule has 0 radical (unpaired) electrons. The normalized spacial score (nSPS) is 21.9. The summed E-state index contributed by atoms with van der Waals surface area (Å²) in [5, 5.41) is 11.8. The molecule has 3 rings (SSSR count). The third-order valence-corrected chi connectivity index (χ3v) is 4.55. The lowest BCUT2D eigenvalue weighted by Crippen LogP contribution is -2.44. The van der Waals surface area contributed by atoms with Gasteiger partial charge in [0.2, 0.25) is 5.91 Å². The Kier molecular flexibility index (Phi) is 4.39. The maximum Gasteiger partial charge on any atom is 0.303 e. The van der Waals surface area contributed by atoms with E-state index in [-0.39, 0.29) is 24.2 Å². The van der Waals surface area contributed by atoms with E-state index in [1.165, 1.54) is 0 Å². The summed E-state index contributed by atoms with van der Waals surface area (Å²) in [6, 6.07) is 5.84. The second-order valence-corrected chi connectivity index (χ2v) is 7.12. The SMILES string of the molecule is CC(C)(CCC(=O)O)NC(=O)C1CC1c1ccc2c(c1)OCCO2. The third-order valence-electron chi connectivity index (χ3n) is 4.55. The second-order valence-electron chi connectivity index (χ2n) is 7.12. The zero-order chi connectivity index (χ0) is 17.3. The predicted molar refractivity (Wildman–Crippen MR) is 87.4 cm³/mol. The summed E-state index contributed by atoms with van der Waals surface area (Å²) in [5.74, 6) is 0.768. The Morgan fingerprint density at radius 1 is 1.25 bits per heavy atom. The number of aliphatic carboxylic acids is 1. The highest BCUT2D eigenvalue weighted by Gasteiger charge is 2.45. The molecule has 2 unspecified atom stereocenters. The number of carboxylic acid groups (broad SMARTS) is 1. The molecule has 6 nitrogen and oxygen atoms in total. The fourth-order valence-electron chi connectivity index (χ4n) is 3.05. The summed E-state index contributed by atoms with van der Waals surface area (Å²) in [5.41, 5.74) is 0.567. The molecule has 2 aliphatic rings. The van der Waals surface area contributed by atoms with E-state index in [4.69, 9.17) is 14.6 Å². The van der Waals surface area contributed by atoms with Gasteiger partial charge >= 0.3 is 5.97 Å². The minimum Gasteiger partial charge on any atom is -0.486 e. The van der Waals surface area contributed by atoms with Crippen LogP contribution < -0.4 is 14.8 Å². The van der Waals surface area contributed by atoms with Crippen LogP contribution >= 0.6 is 0 Å². The number of ether oxygens (including phenoxy) is 2. The number of fused-ring (bicyclic) bond motifs is 1. The summed E-state index contributed by atoms with van der Waals surface area (Å²) in [4.78, 5) is 23.1. The number of benzene rings is 1. The lowest BCUT2D eigenvalue weighted by molar-refractivity contribution is -0.138. The van der Waals surface area contributed by atoms with Crippen LogP contribution in [-0.2, 0) is 9.59 Å². The van der Waals surface area contributed by atoms with Gasteiger partial charge in [-0.25, -0.2) is 0 Å². The average molecular weight is 333 g/mol. The van der Waals surface area contributed by atoms with E-state index in [9.17, 15) is 9.59 Å². The molecule has 1 fully saturated rings. The molecule has 1 saturated carbocycles. The predicted octanol–water partition coefficient (Wildman–Crippen LogP) is 2.32. The first-order valence-corrected chi connectivity index (χ1v) is 8.29. The fraction of sp³-hybridized carbons (Fsp3) is 0.556. The number of carbonyl (C=O) groups excluding carboxylic acids is 1. The van der Waals surface area contributed by atoms with Crippen LogP contribution in [0.3, 0.4) is 0 Å². The van der Waals surface area contributed by atoms with Crippen LogP contribution in [0.2, 0.25) is 0 Å². The van der Waals surface area contributed by atoms with Crippen LogP contribution in [-0.4, -0.2) is 35.7 Å². The molecule has 0 saturated heterocycles. The Morgan fingerprint density at radius 3 is 2.67 bits per heavy atom. The molecule has 6 heteroatoms. The summed E-state index contributed by atoms with van der Waals surface area (Å²) in [6.07, 6.45) is 1.26. The molecule has 130 valence electrons. The van der Waals surface area contributed by atoms with Gasteiger partial charge in [0, 0.05) is 17.9 Å². The molecule has 1 aromatic rings. The van der Waals surface area contributed by atoms with Crippen molar-refractivity contribution in [1.29, 1.82) is 0 Å². The van der Waals surface area contributed by atoms with Crippen molar-refractivity contribution in [3.8, 4) is 11.5 Å². The van der Waals surface area contributed by atoms with Crippen LogP contribution in [0.1, 0.15) is 44.6 Å². The number of amides is 1. The standard InChI is InChI=1S/C18H23NO5/c1-18(2,6-5-16(20)21)19-17(22)13-10-12(13)11-3-4-14-15(9-11)24-8-7-23-14/h3-4,9,12-13H,5-8,10H2,1-2H3,(H,19,22)(H,20,21). The summed E-state index contributed by atoms with van der Waals surface area (Å²) in [7, 11) is 0. The van der Waals surface area contributed by atoms with Gasteiger partial charge in [0.05, 0.1) is 0 Å². The number of hydrogen-bond donors (Lipinski definition) is 2. The number of carbonyl (C=O) groups is 2. The van der Waals surface area contributed by atoms with Crippen molar-refractivity contribution >= 4 is 11.9 Å². The first kappa shape index (κ1) is 16.6. The lowest BCUT2D eigenvalue weighted by atomic mass is 9.97. The van der Waals surface area contributed by atoms with Crippen LogP contribution in [0.15, 0.2) is 18.2 Å². The quantitative estimate of drug-likeness (QED) is 0.834. The molecule has 2 N–H and O–H groups in total. The molecular weight excluding hydrogens is 310 g/mol. The Morgan fingerprint density at radius 2 is 1.96 bits per heavy atom. The zero-order valence-electron chi connectivity index (χ0n) is 14.0. The topological polar surface area (TPSA) is 84.9 Å². The highest BCUT2D eigenvalue weighted by molar-refractivity contribution is 5.83. The maximum absolute atomic E-state index is 12.4. The van der Waals surface area contributed by atoms with Crippen LogP contribution in [0.25, 0.3) is 0 Å². The molecule has 1 aromatic carbocycles. The monoisotopic (exact) mass is 333 g/mol. The Bertz CT molecular complexity index is 655. The van der Waals surface area contributed by atoms with Gasteiger partial charge in [0.15, 0.2) is 11.5 Å². The molecule has 1 heterocycles. The molecule has 24 heavy (non-hydrogen) atoms. The van der Waals surface area contributed by atoms with E-state index in [2.05, 4.69) is 5.32 Å². The highest BCUT2D eigenvalue weighted by Crippen LogP contribution is 2.49. The molecule has 1 aliphatic carbocycles. The average Bonchev–Trinajstić information content (AvgIpc) is 3.33. The van der Waals surface area contributed by atoms with E-state index in [0.717, 1.165) is 23.5 Å². The van der Waals surface area contributed by atoms with Gasteiger partial charge in [0.25, 0.3) is 0 Å². The van der Waals surface area contributed by atoms with Gasteiger partial charge in [-0.2, -0.15) is 0 Å². The van der Waals surface area contributed by atoms with Crippen molar-refractivity contribution in [1.82, 2.24) is 5.32 Å². The minimum absolute atomic E-state index is 0.00900. The molecular formula is C18H23NO5. The molecule has 2 atom stereocenters. The zero-order valence-corrected chi connectivity index (χ0v) is 14.0. The van der Waals surface area contributed by atoms with Gasteiger partial charge in [-0.15, -0.1) is 0 Å². The fourth-order valence-corrected chi connectivity index (χ4v) is 3.05. The first-order valence-electron chi connectivity index (χ1n) is 8.29. The van der Waals surface area contributed by atoms with Gasteiger partial charge < -0.3 is 19.9 Å². The minimum atomic E-state index is -0.849. The largest absolute Gasteiger partial charge is 0.486 e. The van der Waals surface area contributed by atoms with Gasteiger partial charge in [-0.05, 0) is 50.3 Å². The van der Waals surface area contributed by atoms with Crippen molar-refractivity contribution in [3.63, 3.8) is 0 Å². The number of carboxylic acids is 1. The number of hydrogen-bond acceptors (Lipinski definition) is 4. The van der Waals surface area contributed by atoms with Gasteiger partial charge in [-0.1, -0.05) is 6.07 Å². The van der Waals surface area contributed by atoms with Crippen molar-refractivity contribution < 1.29 is 24.2 Å². The Hall–Kier alpha value is -2.24.